The largest absolute Gasteiger partial charge is 0.466 e. The van der Waals surface area contributed by atoms with E-state index in [4.69, 9.17) is 4.74 Å². The van der Waals surface area contributed by atoms with Crippen LogP contribution in [0.5, 0.6) is 0 Å². The van der Waals surface area contributed by atoms with Gasteiger partial charge in [-0.05, 0) is 83.5 Å². The van der Waals surface area contributed by atoms with Gasteiger partial charge in [-0.1, -0.05) is 320 Å². The van der Waals surface area contributed by atoms with Crippen molar-refractivity contribution in [2.75, 3.05) is 13.2 Å². The van der Waals surface area contributed by atoms with E-state index in [-0.39, 0.29) is 18.5 Å². The standard InChI is InChI=1S/C71H135NO5/c1-3-5-7-9-11-13-15-17-19-33-37-41-45-49-53-57-61-65-71(76)77-66-62-58-54-50-46-42-38-35-32-30-28-26-24-22-20-21-23-25-27-29-31-34-36-40-44-48-52-56-60-64-70(75)72-68(67-73)69(74)63-59-55-51-47-43-39-18-16-14-12-10-8-6-4-2/h17,19-20,22,26,28,68-69,73-74H,3-16,18,21,23-25,27,29-67H2,1-2H3,(H,72,75)/b19-17-,22-20-,28-26-. The Morgan fingerprint density at radius 1 is 0.364 bits per heavy atom. The molecule has 0 aliphatic heterocycles. The summed E-state index contributed by atoms with van der Waals surface area (Å²) in [5.41, 5.74) is 0. The molecule has 0 aliphatic rings. The first-order valence-electron chi connectivity index (χ1n) is 34.7. The summed E-state index contributed by atoms with van der Waals surface area (Å²) >= 11 is 0. The quantitative estimate of drug-likeness (QED) is 0.0320. The van der Waals surface area contributed by atoms with Gasteiger partial charge >= 0.3 is 5.97 Å². The highest BCUT2D eigenvalue weighted by atomic mass is 16.5. The lowest BCUT2D eigenvalue weighted by molar-refractivity contribution is -0.143. The van der Waals surface area contributed by atoms with Gasteiger partial charge in [-0.15, -0.1) is 0 Å². The number of esters is 1. The van der Waals surface area contributed by atoms with E-state index in [2.05, 4.69) is 55.6 Å². The van der Waals surface area contributed by atoms with Gasteiger partial charge in [0.1, 0.15) is 0 Å². The third-order valence-corrected chi connectivity index (χ3v) is 16.2. The van der Waals surface area contributed by atoms with Crippen LogP contribution in [0.3, 0.4) is 0 Å². The first-order valence-corrected chi connectivity index (χ1v) is 34.7. The van der Waals surface area contributed by atoms with E-state index in [0.717, 1.165) is 51.4 Å². The van der Waals surface area contributed by atoms with Crippen molar-refractivity contribution >= 4 is 11.9 Å². The lowest BCUT2D eigenvalue weighted by atomic mass is 10.0. The number of unbranched alkanes of at least 4 members (excludes halogenated alkanes) is 48. The Labute approximate surface area is 481 Å². The number of allylic oxidation sites excluding steroid dienone is 6. The molecule has 454 valence electrons. The Balaban J connectivity index is 3.39. The van der Waals surface area contributed by atoms with Crippen molar-refractivity contribution in [3.8, 4) is 0 Å². The Hall–Kier alpha value is -1.92. The van der Waals surface area contributed by atoms with Gasteiger partial charge in [0.25, 0.3) is 0 Å². The maximum atomic E-state index is 12.5. The van der Waals surface area contributed by atoms with Crippen molar-refractivity contribution in [1.82, 2.24) is 5.32 Å². The number of carbonyl (C=O) groups is 2. The van der Waals surface area contributed by atoms with Crippen LogP contribution in [0, 0.1) is 0 Å². The molecule has 77 heavy (non-hydrogen) atoms. The molecule has 0 rings (SSSR count). The molecule has 2 unspecified atom stereocenters. The number of hydrogen-bond donors (Lipinski definition) is 3. The van der Waals surface area contributed by atoms with Crippen LogP contribution in [0.4, 0.5) is 0 Å². The van der Waals surface area contributed by atoms with Crippen LogP contribution in [0.25, 0.3) is 0 Å². The smallest absolute Gasteiger partial charge is 0.305 e. The molecule has 0 bridgehead atoms. The lowest BCUT2D eigenvalue weighted by Gasteiger charge is -2.22. The van der Waals surface area contributed by atoms with Crippen molar-refractivity contribution < 1.29 is 24.5 Å². The Bertz CT molecular complexity index is 1250. The van der Waals surface area contributed by atoms with Crippen molar-refractivity contribution in [2.24, 2.45) is 0 Å². The van der Waals surface area contributed by atoms with Gasteiger partial charge in [0.2, 0.25) is 5.91 Å². The van der Waals surface area contributed by atoms with Crippen molar-refractivity contribution in [1.29, 1.82) is 0 Å². The summed E-state index contributed by atoms with van der Waals surface area (Å²) in [6, 6.07) is -0.542. The van der Waals surface area contributed by atoms with E-state index in [1.807, 2.05) is 0 Å². The molecule has 0 aliphatic carbocycles. The zero-order valence-corrected chi connectivity index (χ0v) is 52.0. The second-order valence-corrected chi connectivity index (χ2v) is 23.9. The predicted octanol–water partition coefficient (Wildman–Crippen LogP) is 22.3. The molecule has 6 heteroatoms. The van der Waals surface area contributed by atoms with Crippen LogP contribution in [0.15, 0.2) is 36.5 Å². The number of aliphatic hydroxyl groups excluding tert-OH is 2. The number of carbonyl (C=O) groups excluding carboxylic acids is 2. The van der Waals surface area contributed by atoms with Crippen LogP contribution in [-0.2, 0) is 14.3 Å². The molecule has 0 saturated heterocycles. The number of amides is 1. The molecule has 0 radical (unpaired) electrons. The highest BCUT2D eigenvalue weighted by Crippen LogP contribution is 2.18. The van der Waals surface area contributed by atoms with Crippen molar-refractivity contribution in [2.45, 2.75) is 392 Å². The summed E-state index contributed by atoms with van der Waals surface area (Å²) in [7, 11) is 0. The van der Waals surface area contributed by atoms with E-state index in [9.17, 15) is 19.8 Å². The highest BCUT2D eigenvalue weighted by molar-refractivity contribution is 5.76. The van der Waals surface area contributed by atoms with Crippen molar-refractivity contribution in [3.63, 3.8) is 0 Å². The first kappa shape index (κ1) is 75.1. The fourth-order valence-electron chi connectivity index (χ4n) is 10.8. The molecule has 0 aromatic carbocycles. The molecule has 2 atom stereocenters. The summed E-state index contributed by atoms with van der Waals surface area (Å²) in [6.07, 6.45) is 84.7. The third kappa shape index (κ3) is 63.1. The molecule has 0 fully saturated rings. The SMILES string of the molecule is CCCCCCCC/C=C\CCCCCCCCCC(=O)OCCCCCCCCCCC/C=C\C/C=C\CCCCCCCCCCCCCCCC(=O)NC(CO)C(O)CCCCCCCCCCCCCCCC. The maximum Gasteiger partial charge on any atom is 0.305 e. The summed E-state index contributed by atoms with van der Waals surface area (Å²) in [5, 5.41) is 23.3. The molecule has 0 spiro atoms. The minimum Gasteiger partial charge on any atom is -0.466 e. The number of aliphatic hydroxyl groups is 2. The topological polar surface area (TPSA) is 95.9 Å². The highest BCUT2D eigenvalue weighted by Gasteiger charge is 2.20. The predicted molar refractivity (Wildman–Crippen MR) is 338 cm³/mol. The molecular formula is C71H135NO5. The van der Waals surface area contributed by atoms with Crippen LogP contribution in [0.1, 0.15) is 380 Å². The normalized spacial score (nSPS) is 12.7. The molecule has 3 N–H and O–H groups in total. The maximum absolute atomic E-state index is 12.5. The molecule has 6 nitrogen and oxygen atoms in total. The molecule has 0 saturated carbocycles. The van der Waals surface area contributed by atoms with E-state index in [1.165, 1.54) is 295 Å². The van der Waals surface area contributed by atoms with Crippen LogP contribution >= 0.6 is 0 Å². The Kier molecular flexibility index (Phi) is 64.9. The van der Waals surface area contributed by atoms with Crippen LogP contribution in [0.2, 0.25) is 0 Å². The molecule has 0 heterocycles. The second-order valence-electron chi connectivity index (χ2n) is 23.9. The van der Waals surface area contributed by atoms with Gasteiger partial charge in [-0.2, -0.15) is 0 Å². The fraction of sp³-hybridized carbons (Fsp3) is 0.887. The van der Waals surface area contributed by atoms with Gasteiger partial charge in [0.15, 0.2) is 0 Å². The van der Waals surface area contributed by atoms with E-state index in [1.54, 1.807) is 0 Å². The summed E-state index contributed by atoms with van der Waals surface area (Å²) in [4.78, 5) is 24.6. The molecular weight excluding hydrogens is 947 g/mol. The third-order valence-electron chi connectivity index (χ3n) is 16.2. The van der Waals surface area contributed by atoms with E-state index < -0.39 is 12.1 Å². The number of rotatable bonds is 65. The summed E-state index contributed by atoms with van der Waals surface area (Å²) in [6.45, 7) is 4.97. The average molecular weight is 1080 g/mol. The monoisotopic (exact) mass is 1080 g/mol. The summed E-state index contributed by atoms with van der Waals surface area (Å²) in [5.74, 6) is -0.0251. The zero-order valence-electron chi connectivity index (χ0n) is 52.0. The van der Waals surface area contributed by atoms with E-state index >= 15 is 0 Å². The minimum absolute atomic E-state index is 0.00904. The lowest BCUT2D eigenvalue weighted by Crippen LogP contribution is -2.45. The molecule has 0 aromatic heterocycles. The van der Waals surface area contributed by atoms with Crippen LogP contribution < -0.4 is 5.32 Å². The van der Waals surface area contributed by atoms with Crippen LogP contribution in [-0.4, -0.2) is 47.4 Å². The minimum atomic E-state index is -0.665. The van der Waals surface area contributed by atoms with Gasteiger partial charge in [-0.3, -0.25) is 9.59 Å². The zero-order chi connectivity index (χ0) is 55.7. The van der Waals surface area contributed by atoms with Gasteiger partial charge in [-0.25, -0.2) is 0 Å². The number of ether oxygens (including phenoxy) is 1. The fourth-order valence-corrected chi connectivity index (χ4v) is 10.8. The van der Waals surface area contributed by atoms with Gasteiger partial charge in [0.05, 0.1) is 25.4 Å². The molecule has 0 aromatic rings. The van der Waals surface area contributed by atoms with Gasteiger partial charge < -0.3 is 20.3 Å². The number of nitrogens with one attached hydrogen (secondary N) is 1. The summed E-state index contributed by atoms with van der Waals surface area (Å²) < 4.78 is 5.50. The number of hydrogen-bond acceptors (Lipinski definition) is 5. The van der Waals surface area contributed by atoms with Gasteiger partial charge in [0, 0.05) is 12.8 Å². The molecule has 1 amide bonds. The first-order chi connectivity index (χ1) is 38.0. The Morgan fingerprint density at radius 3 is 1.00 bits per heavy atom. The van der Waals surface area contributed by atoms with Crippen molar-refractivity contribution in [3.05, 3.63) is 36.5 Å². The van der Waals surface area contributed by atoms with E-state index in [0.29, 0.717) is 25.9 Å². The average Bonchev–Trinajstić information content (AvgIpc) is 3.43. The second kappa shape index (κ2) is 66.6. The Morgan fingerprint density at radius 2 is 0.649 bits per heavy atom.